The normalized spacial score (nSPS) is 12.5. The number of nitrogens with one attached hydrogen (secondary N) is 1. The predicted octanol–water partition coefficient (Wildman–Crippen LogP) is 0.189. The number of amides is 1. The second-order valence-corrected chi connectivity index (χ2v) is 7.64. The van der Waals surface area contributed by atoms with Gasteiger partial charge in [0.15, 0.2) is 9.84 Å². The van der Waals surface area contributed by atoms with Gasteiger partial charge in [0, 0.05) is 25.2 Å². The minimum atomic E-state index is -3.52. The molecule has 2 rings (SSSR count). The largest absolute Gasteiger partial charge is 0.389 e. The number of aromatic nitrogens is 1. The molecular formula is C17H20N2O5S. The van der Waals surface area contributed by atoms with Crippen molar-refractivity contribution in [2.75, 3.05) is 12.3 Å². The molecule has 0 aliphatic rings. The Bertz CT molecular complexity index is 862. The van der Waals surface area contributed by atoms with Crippen LogP contribution < -0.4 is 10.9 Å². The van der Waals surface area contributed by atoms with Gasteiger partial charge in [-0.2, -0.15) is 0 Å². The van der Waals surface area contributed by atoms with Crippen LogP contribution >= 0.6 is 0 Å². The van der Waals surface area contributed by atoms with Crippen molar-refractivity contribution in [3.05, 3.63) is 65.1 Å². The summed E-state index contributed by atoms with van der Waals surface area (Å²) in [6.45, 7) is -0.0200. The fraction of sp³-hybridized carbons (Fsp3) is 0.294. The van der Waals surface area contributed by atoms with Crippen molar-refractivity contribution in [3.63, 3.8) is 0 Å². The van der Waals surface area contributed by atoms with Gasteiger partial charge >= 0.3 is 0 Å². The van der Waals surface area contributed by atoms with E-state index in [1.807, 2.05) is 0 Å². The standard InChI is InChI=1S/C17H20N2O5S/c20-14(13-19-10-5-4-8-17(19)22)12-18-16(21)9-11-25(23,24)15-6-2-1-3-7-15/h1-8,10,14,20H,9,11-13H2,(H,18,21). The number of rotatable bonds is 8. The van der Waals surface area contributed by atoms with E-state index in [1.54, 1.807) is 36.5 Å². The number of carbonyl (C=O) groups excluding carboxylic acids is 1. The highest BCUT2D eigenvalue weighted by Gasteiger charge is 2.16. The second kappa shape index (κ2) is 8.59. The lowest BCUT2D eigenvalue weighted by Crippen LogP contribution is -2.36. The molecule has 0 bridgehead atoms. The minimum absolute atomic E-state index is 0.0439. The molecule has 0 aliphatic heterocycles. The Morgan fingerprint density at radius 1 is 1.12 bits per heavy atom. The second-order valence-electron chi connectivity index (χ2n) is 5.53. The van der Waals surface area contributed by atoms with Crippen LogP contribution in [0.4, 0.5) is 0 Å². The van der Waals surface area contributed by atoms with Crippen LogP contribution in [0.5, 0.6) is 0 Å². The average molecular weight is 364 g/mol. The molecule has 134 valence electrons. The van der Waals surface area contributed by atoms with Gasteiger partial charge in [-0.1, -0.05) is 24.3 Å². The van der Waals surface area contributed by atoms with Gasteiger partial charge in [-0.3, -0.25) is 9.59 Å². The third kappa shape index (κ3) is 5.84. The number of aliphatic hydroxyl groups is 1. The summed E-state index contributed by atoms with van der Waals surface area (Å²) in [7, 11) is -3.52. The molecule has 2 N–H and O–H groups in total. The zero-order valence-corrected chi connectivity index (χ0v) is 14.4. The van der Waals surface area contributed by atoms with Crippen molar-refractivity contribution in [1.82, 2.24) is 9.88 Å². The highest BCUT2D eigenvalue weighted by atomic mass is 32.2. The fourth-order valence-corrected chi connectivity index (χ4v) is 3.46. The van der Waals surface area contributed by atoms with Crippen molar-refractivity contribution in [3.8, 4) is 0 Å². The summed E-state index contributed by atoms with van der Waals surface area (Å²) in [5.74, 6) is -0.782. The molecule has 25 heavy (non-hydrogen) atoms. The number of aliphatic hydroxyl groups excluding tert-OH is 1. The lowest BCUT2D eigenvalue weighted by atomic mass is 10.3. The first-order chi connectivity index (χ1) is 11.9. The molecule has 0 spiro atoms. The van der Waals surface area contributed by atoms with E-state index < -0.39 is 21.8 Å². The van der Waals surface area contributed by atoms with Gasteiger partial charge < -0.3 is 15.0 Å². The van der Waals surface area contributed by atoms with Crippen LogP contribution in [0.15, 0.2) is 64.4 Å². The van der Waals surface area contributed by atoms with E-state index in [9.17, 15) is 23.1 Å². The Labute approximate surface area is 145 Å². The first-order valence-corrected chi connectivity index (χ1v) is 9.42. The zero-order chi connectivity index (χ0) is 18.3. The molecule has 1 unspecified atom stereocenters. The van der Waals surface area contributed by atoms with Crippen LogP contribution in [0.1, 0.15) is 6.42 Å². The van der Waals surface area contributed by atoms with Crippen molar-refractivity contribution >= 4 is 15.7 Å². The number of pyridine rings is 1. The van der Waals surface area contributed by atoms with Crippen molar-refractivity contribution < 1.29 is 18.3 Å². The van der Waals surface area contributed by atoms with E-state index in [1.165, 1.54) is 22.8 Å². The number of carbonyl (C=O) groups is 1. The topological polar surface area (TPSA) is 105 Å². The number of nitrogens with zero attached hydrogens (tertiary/aromatic N) is 1. The first-order valence-electron chi connectivity index (χ1n) is 7.76. The molecule has 8 heteroatoms. The summed E-state index contributed by atoms with van der Waals surface area (Å²) >= 11 is 0. The molecule has 0 saturated heterocycles. The zero-order valence-electron chi connectivity index (χ0n) is 13.5. The summed E-state index contributed by atoms with van der Waals surface area (Å²) in [6.07, 6.45) is 0.393. The van der Waals surface area contributed by atoms with E-state index >= 15 is 0 Å². The lowest BCUT2D eigenvalue weighted by Gasteiger charge is -2.13. The van der Waals surface area contributed by atoms with Gasteiger partial charge in [-0.15, -0.1) is 0 Å². The van der Waals surface area contributed by atoms with Crippen LogP contribution in [0.2, 0.25) is 0 Å². The van der Waals surface area contributed by atoms with Crippen LogP contribution in [0.3, 0.4) is 0 Å². The third-order valence-electron chi connectivity index (χ3n) is 3.54. The Hall–Kier alpha value is -2.45. The van der Waals surface area contributed by atoms with Gasteiger partial charge in [0.2, 0.25) is 5.91 Å². The van der Waals surface area contributed by atoms with E-state index in [-0.39, 0.29) is 35.7 Å². The van der Waals surface area contributed by atoms with Gasteiger partial charge in [0.05, 0.1) is 23.3 Å². The highest BCUT2D eigenvalue weighted by Crippen LogP contribution is 2.10. The Kier molecular flexibility index (Phi) is 6.49. The van der Waals surface area contributed by atoms with Gasteiger partial charge in [0.25, 0.3) is 5.56 Å². The molecule has 2 aromatic rings. The SMILES string of the molecule is O=C(CCS(=O)(=O)c1ccccc1)NCC(O)Cn1ccccc1=O. The Morgan fingerprint density at radius 2 is 1.80 bits per heavy atom. The van der Waals surface area contributed by atoms with Crippen LogP contribution in [-0.2, 0) is 21.2 Å². The third-order valence-corrected chi connectivity index (χ3v) is 5.27. The smallest absolute Gasteiger partial charge is 0.250 e. The Morgan fingerprint density at radius 3 is 2.48 bits per heavy atom. The molecule has 0 fully saturated rings. The van der Waals surface area contributed by atoms with Gasteiger partial charge in [0.1, 0.15) is 0 Å². The lowest BCUT2D eigenvalue weighted by molar-refractivity contribution is -0.121. The summed E-state index contributed by atoms with van der Waals surface area (Å²) in [6, 6.07) is 12.6. The quantitative estimate of drug-likeness (QED) is 0.696. The molecule has 1 aromatic carbocycles. The molecule has 0 aliphatic carbocycles. The van der Waals surface area contributed by atoms with E-state index in [0.29, 0.717) is 0 Å². The monoisotopic (exact) mass is 364 g/mol. The fourth-order valence-electron chi connectivity index (χ4n) is 2.20. The number of hydrogen-bond donors (Lipinski definition) is 2. The van der Waals surface area contributed by atoms with Crippen LogP contribution in [0.25, 0.3) is 0 Å². The summed E-state index contributed by atoms with van der Waals surface area (Å²) in [5, 5.41) is 12.4. The molecule has 1 atom stereocenters. The van der Waals surface area contributed by atoms with Gasteiger partial charge in [-0.05, 0) is 18.2 Å². The molecular weight excluding hydrogens is 344 g/mol. The summed E-state index contributed by atoms with van der Waals surface area (Å²) in [4.78, 5) is 23.5. The maximum absolute atomic E-state index is 12.1. The molecule has 1 amide bonds. The minimum Gasteiger partial charge on any atom is -0.389 e. The number of benzene rings is 1. The van der Waals surface area contributed by atoms with Crippen LogP contribution in [0, 0.1) is 0 Å². The maximum Gasteiger partial charge on any atom is 0.250 e. The molecule has 0 saturated carbocycles. The maximum atomic E-state index is 12.1. The predicted molar refractivity (Wildman–Crippen MR) is 92.8 cm³/mol. The van der Waals surface area contributed by atoms with Crippen molar-refractivity contribution in [2.45, 2.75) is 24.0 Å². The van der Waals surface area contributed by atoms with Crippen LogP contribution in [-0.4, -0.2) is 42.4 Å². The first kappa shape index (κ1) is 18.9. The number of sulfone groups is 1. The highest BCUT2D eigenvalue weighted by molar-refractivity contribution is 7.91. The molecule has 0 radical (unpaired) electrons. The average Bonchev–Trinajstić information content (AvgIpc) is 2.61. The van der Waals surface area contributed by atoms with E-state index in [4.69, 9.17) is 0 Å². The molecule has 1 heterocycles. The number of hydrogen-bond acceptors (Lipinski definition) is 5. The Balaban J connectivity index is 1.79. The van der Waals surface area contributed by atoms with E-state index in [0.717, 1.165) is 0 Å². The summed E-state index contributed by atoms with van der Waals surface area (Å²) < 4.78 is 25.5. The van der Waals surface area contributed by atoms with E-state index in [2.05, 4.69) is 5.32 Å². The molecule has 1 aromatic heterocycles. The van der Waals surface area contributed by atoms with Gasteiger partial charge in [-0.25, -0.2) is 8.42 Å². The molecule has 7 nitrogen and oxygen atoms in total. The van der Waals surface area contributed by atoms with Crippen molar-refractivity contribution in [1.29, 1.82) is 0 Å². The summed E-state index contributed by atoms with van der Waals surface area (Å²) in [5.41, 5.74) is -0.248. The van der Waals surface area contributed by atoms with Crippen molar-refractivity contribution in [2.24, 2.45) is 0 Å².